The molecule has 1 aromatic rings. The van der Waals surface area contributed by atoms with Crippen molar-refractivity contribution in [2.24, 2.45) is 0 Å². The second kappa shape index (κ2) is 12.4. The molecule has 2 N–H and O–H groups in total. The first kappa shape index (κ1) is 23.0. The summed E-state index contributed by atoms with van der Waals surface area (Å²) in [5, 5.41) is 6.28. The van der Waals surface area contributed by atoms with Gasteiger partial charge in [0.2, 0.25) is 0 Å². The maximum Gasteiger partial charge on any atom is 0.251 e. The molecule has 1 aliphatic rings. The van der Waals surface area contributed by atoms with Crippen LogP contribution >= 0.6 is 24.8 Å². The molecule has 1 aromatic carbocycles. The van der Waals surface area contributed by atoms with Crippen LogP contribution in [0.15, 0.2) is 24.3 Å². The Morgan fingerprint density at radius 3 is 2.46 bits per heavy atom. The molecule has 1 aliphatic heterocycles. The molecule has 1 atom stereocenters. The molecule has 5 nitrogen and oxygen atoms in total. The number of carbonyl (C=O) groups is 1. The standard InChI is InChI=1S/C17H27N3O2.2ClH/c1-3-20(4-2)11-12-22-16-7-5-14(6-8-16)17(21)19-15-9-10-18-13-15;;/h5-8,15,18H,3-4,9-13H2,1-2H3,(H,19,21);2*1H. The van der Waals surface area contributed by atoms with E-state index in [0.29, 0.717) is 12.2 Å². The van der Waals surface area contributed by atoms with Gasteiger partial charge in [-0.3, -0.25) is 4.79 Å². The van der Waals surface area contributed by atoms with Crippen molar-refractivity contribution in [3.63, 3.8) is 0 Å². The van der Waals surface area contributed by atoms with Crippen LogP contribution in [-0.2, 0) is 0 Å². The van der Waals surface area contributed by atoms with Crippen molar-refractivity contribution in [3.8, 4) is 5.75 Å². The Kier molecular flexibility index (Phi) is 11.8. The van der Waals surface area contributed by atoms with Crippen molar-refractivity contribution in [1.29, 1.82) is 0 Å². The van der Waals surface area contributed by atoms with Crippen LogP contribution < -0.4 is 15.4 Å². The average molecular weight is 378 g/mol. The molecule has 1 fully saturated rings. The van der Waals surface area contributed by atoms with Crippen molar-refractivity contribution in [3.05, 3.63) is 29.8 Å². The summed E-state index contributed by atoms with van der Waals surface area (Å²) in [5.41, 5.74) is 0.683. The second-order valence-corrected chi connectivity index (χ2v) is 5.56. The van der Waals surface area contributed by atoms with Crippen LogP contribution in [0.5, 0.6) is 5.75 Å². The molecule has 24 heavy (non-hydrogen) atoms. The van der Waals surface area contributed by atoms with Gasteiger partial charge in [0, 0.05) is 24.7 Å². The second-order valence-electron chi connectivity index (χ2n) is 5.56. The number of nitrogens with one attached hydrogen (secondary N) is 2. The van der Waals surface area contributed by atoms with Crippen LogP contribution in [0.1, 0.15) is 30.6 Å². The molecule has 7 heteroatoms. The molecule has 2 rings (SSSR count). The Bertz CT molecular complexity index is 461. The van der Waals surface area contributed by atoms with E-state index in [0.717, 1.165) is 44.9 Å². The number of likely N-dealkylation sites (N-methyl/N-ethyl adjacent to an activating group) is 1. The first-order chi connectivity index (χ1) is 10.7. The minimum absolute atomic E-state index is 0. The van der Waals surface area contributed by atoms with E-state index in [4.69, 9.17) is 4.74 Å². The Labute approximate surface area is 157 Å². The van der Waals surface area contributed by atoms with Crippen LogP contribution in [0.3, 0.4) is 0 Å². The number of hydrogen-bond donors (Lipinski definition) is 2. The number of amides is 1. The predicted molar refractivity (Wildman–Crippen MR) is 103 cm³/mol. The third-order valence-electron chi connectivity index (χ3n) is 4.08. The highest BCUT2D eigenvalue weighted by atomic mass is 35.5. The lowest BCUT2D eigenvalue weighted by atomic mass is 10.2. The Hall–Kier alpha value is -1.01. The van der Waals surface area contributed by atoms with E-state index in [-0.39, 0.29) is 36.8 Å². The zero-order chi connectivity index (χ0) is 15.8. The Morgan fingerprint density at radius 2 is 1.92 bits per heavy atom. The highest BCUT2D eigenvalue weighted by molar-refractivity contribution is 5.94. The van der Waals surface area contributed by atoms with E-state index < -0.39 is 0 Å². The highest BCUT2D eigenvalue weighted by Crippen LogP contribution is 2.12. The van der Waals surface area contributed by atoms with Gasteiger partial charge in [-0.05, 0) is 50.3 Å². The number of halogens is 2. The lowest BCUT2D eigenvalue weighted by Gasteiger charge is -2.18. The SMILES string of the molecule is CCN(CC)CCOc1ccc(C(=O)NC2CCNC2)cc1.Cl.Cl. The monoisotopic (exact) mass is 377 g/mol. The van der Waals surface area contributed by atoms with Crippen LogP contribution in [0.2, 0.25) is 0 Å². The number of benzene rings is 1. The number of ether oxygens (including phenoxy) is 1. The van der Waals surface area contributed by atoms with E-state index in [1.54, 1.807) is 0 Å². The zero-order valence-electron chi connectivity index (χ0n) is 14.4. The molecule has 0 saturated carbocycles. The summed E-state index contributed by atoms with van der Waals surface area (Å²) in [5.74, 6) is 0.801. The van der Waals surface area contributed by atoms with Crippen LogP contribution in [0.25, 0.3) is 0 Å². The minimum atomic E-state index is -0.0107. The molecule has 1 saturated heterocycles. The van der Waals surface area contributed by atoms with Crippen LogP contribution in [0, 0.1) is 0 Å². The van der Waals surface area contributed by atoms with E-state index in [1.165, 1.54) is 0 Å². The average Bonchev–Trinajstić information content (AvgIpc) is 3.05. The summed E-state index contributed by atoms with van der Waals surface area (Å²) in [6.07, 6.45) is 0.998. The van der Waals surface area contributed by atoms with Crippen molar-refractivity contribution >= 4 is 30.7 Å². The molecule has 0 bridgehead atoms. The van der Waals surface area contributed by atoms with Crippen molar-refractivity contribution < 1.29 is 9.53 Å². The van der Waals surface area contributed by atoms with E-state index in [1.807, 2.05) is 24.3 Å². The molecular weight excluding hydrogens is 349 g/mol. The van der Waals surface area contributed by atoms with Gasteiger partial charge in [-0.2, -0.15) is 0 Å². The zero-order valence-corrected chi connectivity index (χ0v) is 16.0. The summed E-state index contributed by atoms with van der Waals surface area (Å²) in [6.45, 7) is 9.80. The summed E-state index contributed by atoms with van der Waals surface area (Å²) >= 11 is 0. The fraction of sp³-hybridized carbons (Fsp3) is 0.588. The maximum absolute atomic E-state index is 12.1. The molecule has 0 radical (unpaired) electrons. The number of nitrogens with zero attached hydrogens (tertiary/aromatic N) is 1. The Balaban J connectivity index is 0.00000264. The van der Waals surface area contributed by atoms with Gasteiger partial charge in [-0.25, -0.2) is 0 Å². The summed E-state index contributed by atoms with van der Waals surface area (Å²) < 4.78 is 5.72. The highest BCUT2D eigenvalue weighted by Gasteiger charge is 2.17. The Morgan fingerprint density at radius 1 is 1.25 bits per heavy atom. The molecule has 1 unspecified atom stereocenters. The number of carbonyl (C=O) groups excluding carboxylic acids is 1. The number of rotatable bonds is 8. The van der Waals surface area contributed by atoms with E-state index in [2.05, 4.69) is 29.4 Å². The minimum Gasteiger partial charge on any atom is -0.492 e. The summed E-state index contributed by atoms with van der Waals surface area (Å²) in [7, 11) is 0. The van der Waals surface area contributed by atoms with Gasteiger partial charge in [0.25, 0.3) is 5.91 Å². The lowest BCUT2D eigenvalue weighted by molar-refractivity contribution is 0.0940. The third kappa shape index (κ3) is 7.26. The molecule has 0 spiro atoms. The summed E-state index contributed by atoms with van der Waals surface area (Å²) in [4.78, 5) is 14.4. The molecule has 138 valence electrons. The topological polar surface area (TPSA) is 53.6 Å². The van der Waals surface area contributed by atoms with Gasteiger partial charge in [-0.1, -0.05) is 13.8 Å². The van der Waals surface area contributed by atoms with E-state index in [9.17, 15) is 4.79 Å². The normalized spacial score (nSPS) is 16.2. The van der Waals surface area contributed by atoms with Gasteiger partial charge in [0.1, 0.15) is 12.4 Å². The molecule has 1 amide bonds. The van der Waals surface area contributed by atoms with Gasteiger partial charge in [-0.15, -0.1) is 24.8 Å². The maximum atomic E-state index is 12.1. The third-order valence-corrected chi connectivity index (χ3v) is 4.08. The fourth-order valence-corrected chi connectivity index (χ4v) is 2.58. The van der Waals surface area contributed by atoms with Crippen LogP contribution in [0.4, 0.5) is 0 Å². The van der Waals surface area contributed by atoms with Gasteiger partial charge in [0.15, 0.2) is 0 Å². The molecule has 0 aromatic heterocycles. The first-order valence-corrected chi connectivity index (χ1v) is 8.19. The van der Waals surface area contributed by atoms with Gasteiger partial charge >= 0.3 is 0 Å². The first-order valence-electron chi connectivity index (χ1n) is 8.19. The molecular formula is C17H29Cl2N3O2. The molecule has 0 aliphatic carbocycles. The smallest absolute Gasteiger partial charge is 0.251 e. The number of hydrogen-bond acceptors (Lipinski definition) is 4. The van der Waals surface area contributed by atoms with Crippen LogP contribution in [-0.4, -0.2) is 56.2 Å². The van der Waals surface area contributed by atoms with Crippen molar-refractivity contribution in [2.75, 3.05) is 39.3 Å². The lowest BCUT2D eigenvalue weighted by Crippen LogP contribution is -2.36. The summed E-state index contributed by atoms with van der Waals surface area (Å²) in [6, 6.07) is 7.63. The van der Waals surface area contributed by atoms with E-state index >= 15 is 0 Å². The fourth-order valence-electron chi connectivity index (χ4n) is 2.58. The van der Waals surface area contributed by atoms with Crippen molar-refractivity contribution in [2.45, 2.75) is 26.3 Å². The van der Waals surface area contributed by atoms with Gasteiger partial charge < -0.3 is 20.3 Å². The molecule has 1 heterocycles. The largest absolute Gasteiger partial charge is 0.492 e. The van der Waals surface area contributed by atoms with Crippen molar-refractivity contribution in [1.82, 2.24) is 15.5 Å². The predicted octanol–water partition coefficient (Wildman–Crippen LogP) is 2.34. The van der Waals surface area contributed by atoms with Gasteiger partial charge in [0.05, 0.1) is 0 Å². The quantitative estimate of drug-likeness (QED) is 0.729.